The average molecular weight is 398 g/mol. The molecule has 1 aromatic heterocycles. The maximum absolute atomic E-state index is 12.5. The topological polar surface area (TPSA) is 90.1 Å². The fourth-order valence-corrected chi connectivity index (χ4v) is 4.09. The van der Waals surface area contributed by atoms with Gasteiger partial charge in [-0.1, -0.05) is 44.2 Å². The van der Waals surface area contributed by atoms with Crippen molar-refractivity contribution in [1.82, 2.24) is 25.7 Å². The molecule has 7 heteroatoms. The van der Waals surface area contributed by atoms with E-state index in [-0.39, 0.29) is 30.2 Å². The van der Waals surface area contributed by atoms with Gasteiger partial charge in [-0.25, -0.2) is 9.89 Å². The van der Waals surface area contributed by atoms with Gasteiger partial charge in [-0.05, 0) is 37.3 Å². The van der Waals surface area contributed by atoms with Crippen LogP contribution < -0.4 is 16.2 Å². The first kappa shape index (κ1) is 21.0. The van der Waals surface area contributed by atoms with Crippen LogP contribution in [-0.4, -0.2) is 39.8 Å². The van der Waals surface area contributed by atoms with E-state index in [1.165, 1.54) is 5.56 Å². The number of carbonyl (C=O) groups excluding carboxylic acids is 1. The molecule has 2 unspecified atom stereocenters. The van der Waals surface area contributed by atoms with Gasteiger partial charge in [0.2, 0.25) is 0 Å². The number of aryl methyl sites for hydroxylation is 1. The van der Waals surface area contributed by atoms with Crippen molar-refractivity contribution in [3.05, 3.63) is 63.1 Å². The molecule has 0 spiro atoms. The Bertz CT molecular complexity index is 881. The number of nitrogens with one attached hydrogen (secondary N) is 3. The van der Waals surface area contributed by atoms with Crippen molar-refractivity contribution in [2.45, 2.75) is 65.2 Å². The zero-order valence-electron chi connectivity index (χ0n) is 17.5. The highest BCUT2D eigenvalue weighted by Gasteiger charge is 2.31. The van der Waals surface area contributed by atoms with E-state index >= 15 is 0 Å². The number of aromatic amines is 1. The Hall–Kier alpha value is -2.67. The molecule has 2 aromatic rings. The molecule has 3 rings (SSSR count). The molecule has 1 aliphatic rings. The molecular weight excluding hydrogens is 366 g/mol. The molecule has 7 nitrogen and oxygen atoms in total. The molecule has 0 bridgehead atoms. The Morgan fingerprint density at radius 1 is 1.21 bits per heavy atom. The van der Waals surface area contributed by atoms with Crippen molar-refractivity contribution in [1.29, 1.82) is 0 Å². The molecule has 2 amide bonds. The van der Waals surface area contributed by atoms with Crippen LogP contribution in [0.2, 0.25) is 0 Å². The molecule has 1 aliphatic heterocycles. The second-order valence-corrected chi connectivity index (χ2v) is 7.58. The SMILES string of the molecule is CCc1n[nH]c(=O)c(CNC(=O)NC2CCN(Cc3ccccc3)C2C)c1CC. The van der Waals surface area contributed by atoms with Gasteiger partial charge in [0.05, 0.1) is 12.2 Å². The summed E-state index contributed by atoms with van der Waals surface area (Å²) in [6, 6.07) is 10.5. The number of nitrogens with zero attached hydrogens (tertiary/aromatic N) is 2. The van der Waals surface area contributed by atoms with Crippen molar-refractivity contribution in [3.63, 3.8) is 0 Å². The Morgan fingerprint density at radius 2 is 1.97 bits per heavy atom. The van der Waals surface area contributed by atoms with Gasteiger partial charge in [0, 0.05) is 30.7 Å². The summed E-state index contributed by atoms with van der Waals surface area (Å²) in [6.07, 6.45) is 2.38. The number of H-pyrrole nitrogens is 1. The van der Waals surface area contributed by atoms with Crippen LogP contribution in [0.15, 0.2) is 35.1 Å². The lowest BCUT2D eigenvalue weighted by Gasteiger charge is -2.25. The number of hydrogen-bond acceptors (Lipinski definition) is 4. The first-order chi connectivity index (χ1) is 14.0. The minimum absolute atomic E-state index is 0.0892. The maximum atomic E-state index is 12.5. The lowest BCUT2D eigenvalue weighted by atomic mass is 10.0. The molecule has 0 aliphatic carbocycles. The largest absolute Gasteiger partial charge is 0.334 e. The van der Waals surface area contributed by atoms with E-state index < -0.39 is 0 Å². The number of aromatic nitrogens is 2. The third-order valence-electron chi connectivity index (χ3n) is 5.82. The molecule has 2 atom stereocenters. The summed E-state index contributed by atoms with van der Waals surface area (Å²) in [7, 11) is 0. The highest BCUT2D eigenvalue weighted by molar-refractivity contribution is 5.74. The van der Waals surface area contributed by atoms with Crippen molar-refractivity contribution >= 4 is 6.03 Å². The van der Waals surface area contributed by atoms with Gasteiger partial charge in [-0.2, -0.15) is 5.10 Å². The number of rotatable bonds is 7. The zero-order chi connectivity index (χ0) is 20.8. The normalized spacial score (nSPS) is 19.3. The van der Waals surface area contributed by atoms with Gasteiger partial charge >= 0.3 is 6.03 Å². The average Bonchev–Trinajstić information content (AvgIpc) is 3.06. The quantitative estimate of drug-likeness (QED) is 0.669. The van der Waals surface area contributed by atoms with E-state index in [0.29, 0.717) is 12.0 Å². The summed E-state index contributed by atoms with van der Waals surface area (Å²) in [5, 5.41) is 12.6. The minimum Gasteiger partial charge on any atom is -0.334 e. The Labute approximate surface area is 171 Å². The van der Waals surface area contributed by atoms with E-state index in [2.05, 4.69) is 56.9 Å². The van der Waals surface area contributed by atoms with Gasteiger partial charge < -0.3 is 10.6 Å². The van der Waals surface area contributed by atoms with Crippen LogP contribution in [0, 0.1) is 0 Å². The van der Waals surface area contributed by atoms with Crippen molar-refractivity contribution in [2.24, 2.45) is 0 Å². The summed E-state index contributed by atoms with van der Waals surface area (Å²) in [4.78, 5) is 27.1. The van der Waals surface area contributed by atoms with Crippen LogP contribution >= 0.6 is 0 Å². The third-order valence-corrected chi connectivity index (χ3v) is 5.82. The van der Waals surface area contributed by atoms with Gasteiger partial charge in [0.25, 0.3) is 5.56 Å². The highest BCUT2D eigenvalue weighted by atomic mass is 16.2. The molecule has 0 saturated carbocycles. The van der Waals surface area contributed by atoms with Gasteiger partial charge in [0.15, 0.2) is 0 Å². The first-order valence-electron chi connectivity index (χ1n) is 10.4. The molecule has 1 fully saturated rings. The van der Waals surface area contributed by atoms with Crippen LogP contribution in [0.5, 0.6) is 0 Å². The van der Waals surface area contributed by atoms with E-state index in [0.717, 1.165) is 37.2 Å². The van der Waals surface area contributed by atoms with Gasteiger partial charge in [-0.3, -0.25) is 9.69 Å². The monoisotopic (exact) mass is 397 g/mol. The molecule has 29 heavy (non-hydrogen) atoms. The summed E-state index contributed by atoms with van der Waals surface area (Å²) >= 11 is 0. The molecule has 1 aromatic carbocycles. The molecule has 3 N–H and O–H groups in total. The fourth-order valence-electron chi connectivity index (χ4n) is 4.09. The predicted molar refractivity (Wildman–Crippen MR) is 114 cm³/mol. The summed E-state index contributed by atoms with van der Waals surface area (Å²) in [6.45, 7) is 8.19. The van der Waals surface area contributed by atoms with E-state index in [1.807, 2.05) is 19.9 Å². The Kier molecular flexibility index (Phi) is 7.04. The smallest absolute Gasteiger partial charge is 0.315 e. The second kappa shape index (κ2) is 9.69. The summed E-state index contributed by atoms with van der Waals surface area (Å²) in [5.74, 6) is 0. The third kappa shape index (κ3) is 5.03. The van der Waals surface area contributed by atoms with Crippen molar-refractivity contribution in [3.8, 4) is 0 Å². The second-order valence-electron chi connectivity index (χ2n) is 7.58. The lowest BCUT2D eigenvalue weighted by molar-refractivity contribution is 0.221. The molecule has 0 radical (unpaired) electrons. The van der Waals surface area contributed by atoms with E-state index in [1.54, 1.807) is 0 Å². The van der Waals surface area contributed by atoms with Gasteiger partial charge in [0.1, 0.15) is 0 Å². The van der Waals surface area contributed by atoms with E-state index in [4.69, 9.17) is 0 Å². The molecule has 1 saturated heterocycles. The fraction of sp³-hybridized carbons (Fsp3) is 0.500. The number of benzene rings is 1. The number of hydrogen-bond donors (Lipinski definition) is 3. The molecular formula is C22H31N5O2. The highest BCUT2D eigenvalue weighted by Crippen LogP contribution is 2.20. The summed E-state index contributed by atoms with van der Waals surface area (Å²) < 4.78 is 0. The van der Waals surface area contributed by atoms with Crippen LogP contribution in [0.25, 0.3) is 0 Å². The predicted octanol–water partition coefficient (Wildman–Crippen LogP) is 2.36. The van der Waals surface area contributed by atoms with Crippen LogP contribution in [0.1, 0.15) is 49.6 Å². The number of likely N-dealkylation sites (tertiary alicyclic amines) is 1. The first-order valence-corrected chi connectivity index (χ1v) is 10.4. The lowest BCUT2D eigenvalue weighted by Crippen LogP contribution is -2.47. The number of carbonyl (C=O) groups is 1. The molecule has 156 valence electrons. The minimum atomic E-state index is -0.236. The number of amides is 2. The Balaban J connectivity index is 1.56. The van der Waals surface area contributed by atoms with Gasteiger partial charge in [-0.15, -0.1) is 0 Å². The maximum Gasteiger partial charge on any atom is 0.315 e. The van der Waals surface area contributed by atoms with Crippen LogP contribution in [0.4, 0.5) is 4.79 Å². The van der Waals surface area contributed by atoms with E-state index in [9.17, 15) is 9.59 Å². The van der Waals surface area contributed by atoms with Crippen LogP contribution in [-0.2, 0) is 25.9 Å². The van der Waals surface area contributed by atoms with Crippen LogP contribution in [0.3, 0.4) is 0 Å². The summed E-state index contributed by atoms with van der Waals surface area (Å²) in [5.41, 5.74) is 3.45. The standard InChI is InChI=1S/C22H31N5O2/c1-4-17-18(21(28)26-25-19(17)5-2)13-23-22(29)24-20-11-12-27(15(20)3)14-16-9-7-6-8-10-16/h6-10,15,20H,4-5,11-14H2,1-3H3,(H,26,28)(H2,23,24,29). The van der Waals surface area contributed by atoms with Crippen molar-refractivity contribution < 1.29 is 4.79 Å². The number of urea groups is 1. The molecule has 2 heterocycles. The zero-order valence-corrected chi connectivity index (χ0v) is 17.5. The Morgan fingerprint density at radius 3 is 2.66 bits per heavy atom. The van der Waals surface area contributed by atoms with Crippen molar-refractivity contribution in [2.75, 3.05) is 6.54 Å².